The molecular formula is C27H20O8. The monoisotopic (exact) mass is 472 g/mol. The molecule has 3 aliphatic heterocycles. The number of hydrogen-bond acceptors (Lipinski definition) is 8. The number of allylic oxidation sites excluding steroid dienone is 1. The van der Waals surface area contributed by atoms with Crippen molar-refractivity contribution in [1.82, 2.24) is 0 Å². The van der Waals surface area contributed by atoms with Crippen molar-refractivity contribution in [1.29, 1.82) is 0 Å². The summed E-state index contributed by atoms with van der Waals surface area (Å²) in [7, 11) is 1.45. The van der Waals surface area contributed by atoms with E-state index in [9.17, 15) is 14.7 Å². The Bertz CT molecular complexity index is 1420. The summed E-state index contributed by atoms with van der Waals surface area (Å²) in [6.07, 6.45) is 1.70. The van der Waals surface area contributed by atoms with Crippen molar-refractivity contribution in [3.63, 3.8) is 0 Å². The van der Waals surface area contributed by atoms with E-state index in [2.05, 4.69) is 0 Å². The quantitative estimate of drug-likeness (QED) is 0.343. The summed E-state index contributed by atoms with van der Waals surface area (Å²) in [6.45, 7) is 0.955. The third-order valence-electron chi connectivity index (χ3n) is 6.25. The maximum Gasteiger partial charge on any atom is 0.312 e. The van der Waals surface area contributed by atoms with Crippen LogP contribution in [0.3, 0.4) is 0 Å². The van der Waals surface area contributed by atoms with Crippen LogP contribution in [-0.2, 0) is 4.79 Å². The third kappa shape index (κ3) is 3.54. The van der Waals surface area contributed by atoms with Gasteiger partial charge in [-0.2, -0.15) is 0 Å². The van der Waals surface area contributed by atoms with Gasteiger partial charge in [-0.3, -0.25) is 9.59 Å². The number of rotatable bonds is 3. The van der Waals surface area contributed by atoms with Gasteiger partial charge >= 0.3 is 5.97 Å². The SMILES string of the molecule is COc1cc([C@@H]2CC(=O)Oc3ccc4c(c32)O/C(=C\c2ccc3c(c2)OCCO3)C4=O)ccc1O. The number of esters is 1. The number of ether oxygens (including phenoxy) is 5. The van der Waals surface area contributed by atoms with Crippen LogP contribution in [-0.4, -0.2) is 37.2 Å². The van der Waals surface area contributed by atoms with Crippen LogP contribution >= 0.6 is 0 Å². The minimum Gasteiger partial charge on any atom is -0.504 e. The van der Waals surface area contributed by atoms with Gasteiger partial charge in [-0.1, -0.05) is 12.1 Å². The Morgan fingerprint density at radius 1 is 0.943 bits per heavy atom. The van der Waals surface area contributed by atoms with E-state index in [1.165, 1.54) is 13.2 Å². The summed E-state index contributed by atoms with van der Waals surface area (Å²) in [5.41, 5.74) is 2.45. The summed E-state index contributed by atoms with van der Waals surface area (Å²) >= 11 is 0. The first-order valence-corrected chi connectivity index (χ1v) is 11.1. The Morgan fingerprint density at radius 3 is 2.57 bits per heavy atom. The largest absolute Gasteiger partial charge is 0.504 e. The molecule has 0 unspecified atom stereocenters. The number of Topliss-reactive ketones (excluding diaryl/α,β-unsaturated/α-hetero) is 1. The molecule has 0 aliphatic carbocycles. The van der Waals surface area contributed by atoms with E-state index in [-0.39, 0.29) is 29.5 Å². The molecule has 0 radical (unpaired) electrons. The molecule has 8 nitrogen and oxygen atoms in total. The fourth-order valence-corrected chi connectivity index (χ4v) is 4.60. The fourth-order valence-electron chi connectivity index (χ4n) is 4.60. The van der Waals surface area contributed by atoms with Gasteiger partial charge in [0.1, 0.15) is 24.7 Å². The highest BCUT2D eigenvalue weighted by Gasteiger charge is 2.38. The molecule has 0 amide bonds. The Kier molecular flexibility index (Phi) is 4.88. The smallest absolute Gasteiger partial charge is 0.312 e. The van der Waals surface area contributed by atoms with E-state index in [1.807, 2.05) is 6.07 Å². The van der Waals surface area contributed by atoms with Crippen molar-refractivity contribution in [3.8, 4) is 34.5 Å². The molecule has 6 rings (SSSR count). The topological polar surface area (TPSA) is 101 Å². The highest BCUT2D eigenvalue weighted by Crippen LogP contribution is 2.49. The first-order valence-electron chi connectivity index (χ1n) is 11.1. The number of fused-ring (bicyclic) bond motifs is 4. The zero-order valence-corrected chi connectivity index (χ0v) is 18.7. The number of benzene rings is 3. The van der Waals surface area contributed by atoms with Gasteiger partial charge in [0.05, 0.1) is 19.1 Å². The summed E-state index contributed by atoms with van der Waals surface area (Å²) in [4.78, 5) is 25.6. The Hall–Kier alpha value is -4.46. The van der Waals surface area contributed by atoms with Crippen molar-refractivity contribution in [3.05, 3.63) is 76.5 Å². The molecule has 0 bridgehead atoms. The van der Waals surface area contributed by atoms with Crippen LogP contribution in [0.4, 0.5) is 0 Å². The van der Waals surface area contributed by atoms with Gasteiger partial charge in [-0.25, -0.2) is 0 Å². The maximum absolute atomic E-state index is 13.2. The lowest BCUT2D eigenvalue weighted by molar-refractivity contribution is -0.135. The van der Waals surface area contributed by atoms with E-state index in [0.717, 1.165) is 11.1 Å². The predicted molar refractivity (Wildman–Crippen MR) is 124 cm³/mol. The lowest BCUT2D eigenvalue weighted by Crippen LogP contribution is -2.21. The zero-order valence-electron chi connectivity index (χ0n) is 18.7. The van der Waals surface area contributed by atoms with Gasteiger partial charge < -0.3 is 28.8 Å². The van der Waals surface area contributed by atoms with Crippen molar-refractivity contribution in [2.24, 2.45) is 0 Å². The average Bonchev–Trinajstić information content (AvgIpc) is 3.18. The number of carbonyl (C=O) groups excluding carboxylic acids is 2. The molecule has 8 heteroatoms. The van der Waals surface area contributed by atoms with E-state index in [0.29, 0.717) is 47.3 Å². The third-order valence-corrected chi connectivity index (χ3v) is 6.25. The second-order valence-electron chi connectivity index (χ2n) is 8.36. The molecule has 0 fully saturated rings. The standard InChI is InChI=1S/C27H20O8/c1-31-21-12-15(3-5-18(21)28)17-13-24(29)34-20-7-4-16-26(30)23(35-27(16)25(17)20)11-14-2-6-19-22(10-14)33-9-8-32-19/h2-7,10-12,17,28H,8-9,13H2,1H3/b23-11-/t17-/m0/s1. The number of methoxy groups -OCH3 is 1. The van der Waals surface area contributed by atoms with E-state index in [1.54, 1.807) is 42.5 Å². The van der Waals surface area contributed by atoms with Crippen molar-refractivity contribution in [2.75, 3.05) is 20.3 Å². The zero-order chi connectivity index (χ0) is 24.1. The van der Waals surface area contributed by atoms with Gasteiger partial charge in [0.15, 0.2) is 28.8 Å². The van der Waals surface area contributed by atoms with Crippen LogP contribution in [0.5, 0.6) is 34.5 Å². The number of hydrogen-bond donors (Lipinski definition) is 1. The molecular weight excluding hydrogens is 452 g/mol. The van der Waals surface area contributed by atoms with E-state index < -0.39 is 11.9 Å². The van der Waals surface area contributed by atoms with Crippen molar-refractivity contribution in [2.45, 2.75) is 12.3 Å². The minimum absolute atomic E-state index is 0.00998. The van der Waals surface area contributed by atoms with Crippen LogP contribution in [0, 0.1) is 0 Å². The molecule has 0 saturated carbocycles. The summed E-state index contributed by atoms with van der Waals surface area (Å²) in [5, 5.41) is 10.0. The summed E-state index contributed by atoms with van der Waals surface area (Å²) < 4.78 is 28.0. The second kappa shape index (κ2) is 8.09. The van der Waals surface area contributed by atoms with Crippen LogP contribution in [0.15, 0.2) is 54.3 Å². The Labute approximate surface area is 200 Å². The molecule has 3 aromatic rings. The molecule has 0 spiro atoms. The predicted octanol–water partition coefficient (Wildman–Crippen LogP) is 4.23. The van der Waals surface area contributed by atoms with E-state index >= 15 is 0 Å². The number of phenolic OH excluding ortho intramolecular Hbond substituents is 1. The first-order chi connectivity index (χ1) is 17.0. The fraction of sp³-hybridized carbons (Fsp3) is 0.185. The lowest BCUT2D eigenvalue weighted by atomic mass is 9.84. The molecule has 176 valence electrons. The number of phenols is 1. The van der Waals surface area contributed by atoms with Crippen LogP contribution < -0.4 is 23.7 Å². The Balaban J connectivity index is 1.41. The highest BCUT2D eigenvalue weighted by atomic mass is 16.6. The summed E-state index contributed by atoms with van der Waals surface area (Å²) in [5.74, 6) is 1.29. The van der Waals surface area contributed by atoms with Gasteiger partial charge in [-0.05, 0) is 53.6 Å². The lowest BCUT2D eigenvalue weighted by Gasteiger charge is -2.26. The van der Waals surface area contributed by atoms with Crippen molar-refractivity contribution >= 4 is 17.8 Å². The highest BCUT2D eigenvalue weighted by molar-refractivity contribution is 6.15. The molecule has 1 atom stereocenters. The number of carbonyl (C=O) groups is 2. The first kappa shape index (κ1) is 21.1. The average molecular weight is 472 g/mol. The van der Waals surface area contributed by atoms with Gasteiger partial charge in [0.25, 0.3) is 0 Å². The molecule has 35 heavy (non-hydrogen) atoms. The van der Waals surface area contributed by atoms with Gasteiger partial charge in [0, 0.05) is 11.5 Å². The molecule has 0 saturated heterocycles. The second-order valence-corrected chi connectivity index (χ2v) is 8.36. The van der Waals surface area contributed by atoms with Gasteiger partial charge in [0.2, 0.25) is 5.78 Å². The Morgan fingerprint density at radius 2 is 1.74 bits per heavy atom. The van der Waals surface area contributed by atoms with Gasteiger partial charge in [-0.15, -0.1) is 0 Å². The number of ketones is 1. The number of aromatic hydroxyl groups is 1. The molecule has 3 aliphatic rings. The van der Waals surface area contributed by atoms with Crippen LogP contribution in [0.2, 0.25) is 0 Å². The van der Waals surface area contributed by atoms with Crippen molar-refractivity contribution < 1.29 is 38.4 Å². The van der Waals surface area contributed by atoms with E-state index in [4.69, 9.17) is 23.7 Å². The summed E-state index contributed by atoms with van der Waals surface area (Å²) in [6, 6.07) is 13.5. The molecule has 0 aromatic heterocycles. The minimum atomic E-state index is -0.447. The molecule has 3 aromatic carbocycles. The van der Waals surface area contributed by atoms with Crippen LogP contribution in [0.25, 0.3) is 6.08 Å². The van der Waals surface area contributed by atoms with Crippen LogP contribution in [0.1, 0.15) is 39.4 Å². The maximum atomic E-state index is 13.2. The molecule has 3 heterocycles. The molecule has 1 N–H and O–H groups in total. The normalized spacial score (nSPS) is 19.0.